The lowest BCUT2D eigenvalue weighted by Gasteiger charge is -2.22. The highest BCUT2D eigenvalue weighted by Crippen LogP contribution is 2.28. The molecule has 2 rings (SSSR count). The van der Waals surface area contributed by atoms with Crippen molar-refractivity contribution in [1.82, 2.24) is 9.78 Å². The zero-order valence-corrected chi connectivity index (χ0v) is 15.4. The van der Waals surface area contributed by atoms with Crippen molar-refractivity contribution in [3.8, 4) is 0 Å². The maximum atomic E-state index is 12.3. The largest absolute Gasteiger partial charge is 0.307 e. The number of aromatic nitrogens is 2. The normalized spacial score (nSPS) is 12.6. The Morgan fingerprint density at radius 3 is 2.25 bits per heavy atom. The summed E-state index contributed by atoms with van der Waals surface area (Å²) in [6.07, 6.45) is 3.35. The quantitative estimate of drug-likeness (QED) is 0.839. The molecule has 4 nitrogen and oxygen atoms in total. The minimum atomic E-state index is -0.213. The lowest BCUT2D eigenvalue weighted by atomic mass is 9.92. The fraction of sp³-hybridized carbons (Fsp3) is 0.400. The van der Waals surface area contributed by atoms with E-state index < -0.39 is 0 Å². The molecule has 0 saturated carbocycles. The Hall–Kier alpha value is -2.36. The van der Waals surface area contributed by atoms with Gasteiger partial charge in [0.1, 0.15) is 5.82 Å². The molecule has 0 fully saturated rings. The molecule has 128 valence electrons. The average molecular weight is 325 g/mol. The molecule has 0 saturated heterocycles. The first-order valence-electron chi connectivity index (χ1n) is 8.22. The second-order valence-corrected chi connectivity index (χ2v) is 7.98. The van der Waals surface area contributed by atoms with Gasteiger partial charge in [-0.25, -0.2) is 4.68 Å². The number of carbonyl (C=O) groups is 1. The number of anilines is 1. The molecular weight excluding hydrogens is 298 g/mol. The van der Waals surface area contributed by atoms with E-state index in [2.05, 4.69) is 46.9 Å². The van der Waals surface area contributed by atoms with Crippen LogP contribution in [0.15, 0.2) is 42.5 Å². The predicted molar refractivity (Wildman–Crippen MR) is 100 cm³/mol. The molecule has 0 spiro atoms. The van der Waals surface area contributed by atoms with Gasteiger partial charge in [0.15, 0.2) is 0 Å². The summed E-state index contributed by atoms with van der Waals surface area (Å²) in [5.74, 6) is 0.555. The second kappa shape index (κ2) is 6.63. The first-order valence-corrected chi connectivity index (χ1v) is 8.22. The average Bonchev–Trinajstić information content (AvgIpc) is 2.90. The van der Waals surface area contributed by atoms with E-state index in [1.165, 1.54) is 0 Å². The third-order valence-corrected chi connectivity index (χ3v) is 3.59. The van der Waals surface area contributed by atoms with Gasteiger partial charge in [-0.05, 0) is 32.4 Å². The number of carbonyl (C=O) groups excluding carboxylic acids is 1. The van der Waals surface area contributed by atoms with Gasteiger partial charge in [0, 0.05) is 17.6 Å². The van der Waals surface area contributed by atoms with Crippen molar-refractivity contribution in [2.24, 2.45) is 0 Å². The van der Waals surface area contributed by atoms with E-state index >= 15 is 0 Å². The molecule has 1 N–H and O–H groups in total. The van der Waals surface area contributed by atoms with Gasteiger partial charge in [-0.1, -0.05) is 51.1 Å². The Morgan fingerprint density at radius 2 is 1.71 bits per heavy atom. The number of benzene rings is 1. The molecule has 0 aliphatic carbocycles. The molecule has 1 heterocycles. The molecule has 1 aromatic heterocycles. The fourth-order valence-electron chi connectivity index (χ4n) is 2.25. The summed E-state index contributed by atoms with van der Waals surface area (Å²) in [6, 6.07) is 11.7. The zero-order valence-electron chi connectivity index (χ0n) is 15.4. The molecule has 0 aliphatic heterocycles. The molecular formula is C20H27N3O. The molecule has 4 heteroatoms. The van der Waals surface area contributed by atoms with Crippen molar-refractivity contribution >= 4 is 17.8 Å². The van der Waals surface area contributed by atoms with Crippen molar-refractivity contribution in [1.29, 1.82) is 0 Å². The van der Waals surface area contributed by atoms with Gasteiger partial charge in [0.25, 0.3) is 0 Å². The highest BCUT2D eigenvalue weighted by atomic mass is 16.1. The molecule has 0 radical (unpaired) electrons. The lowest BCUT2D eigenvalue weighted by molar-refractivity contribution is -0.111. The topological polar surface area (TPSA) is 46.9 Å². The van der Waals surface area contributed by atoms with E-state index in [0.717, 1.165) is 17.1 Å². The standard InChI is InChI=1S/C20H27N3O/c1-19(2,3)16-14-17(23(22-16)20(4,5)6)21-18(24)13-12-15-10-8-7-9-11-15/h7-14H,1-6H3,(H,21,24)/b13-12+. The van der Waals surface area contributed by atoms with E-state index in [1.807, 2.05) is 41.1 Å². The monoisotopic (exact) mass is 325 g/mol. The van der Waals surface area contributed by atoms with Crippen LogP contribution in [0.25, 0.3) is 6.08 Å². The minimum Gasteiger partial charge on any atom is -0.307 e. The van der Waals surface area contributed by atoms with E-state index in [9.17, 15) is 4.79 Å². The SMILES string of the molecule is CC(C)(C)c1cc(NC(=O)/C=C/c2ccccc2)n(C(C)(C)C)n1. The first kappa shape index (κ1) is 18.0. The van der Waals surface area contributed by atoms with Crippen molar-refractivity contribution in [2.75, 3.05) is 5.32 Å². The maximum Gasteiger partial charge on any atom is 0.249 e. The fourth-order valence-corrected chi connectivity index (χ4v) is 2.25. The third kappa shape index (κ3) is 4.57. The Balaban J connectivity index is 2.23. The summed E-state index contributed by atoms with van der Waals surface area (Å²) in [5.41, 5.74) is 1.66. The van der Waals surface area contributed by atoms with E-state index in [0.29, 0.717) is 0 Å². The van der Waals surface area contributed by atoms with Gasteiger partial charge >= 0.3 is 0 Å². The third-order valence-electron chi connectivity index (χ3n) is 3.59. The van der Waals surface area contributed by atoms with Crippen LogP contribution in [0.2, 0.25) is 0 Å². The van der Waals surface area contributed by atoms with Crippen molar-refractivity contribution in [3.63, 3.8) is 0 Å². The van der Waals surface area contributed by atoms with Crippen LogP contribution in [0.3, 0.4) is 0 Å². The molecule has 2 aromatic rings. The molecule has 1 aromatic carbocycles. The number of nitrogens with zero attached hydrogens (tertiary/aromatic N) is 2. The lowest BCUT2D eigenvalue weighted by Crippen LogP contribution is -2.27. The van der Waals surface area contributed by atoms with Crippen LogP contribution in [0, 0.1) is 0 Å². The molecule has 0 aliphatic rings. The molecule has 1 amide bonds. The first-order chi connectivity index (χ1) is 11.1. The van der Waals surface area contributed by atoms with Gasteiger partial charge in [-0.3, -0.25) is 4.79 Å². The predicted octanol–water partition coefficient (Wildman–Crippen LogP) is 4.59. The van der Waals surface area contributed by atoms with E-state index in [1.54, 1.807) is 12.2 Å². The van der Waals surface area contributed by atoms with Crippen molar-refractivity contribution < 1.29 is 4.79 Å². The number of hydrogen-bond donors (Lipinski definition) is 1. The molecule has 24 heavy (non-hydrogen) atoms. The van der Waals surface area contributed by atoms with Crippen LogP contribution < -0.4 is 5.32 Å². The van der Waals surface area contributed by atoms with Gasteiger partial charge < -0.3 is 5.32 Å². The van der Waals surface area contributed by atoms with Gasteiger partial charge in [-0.2, -0.15) is 5.10 Å². The van der Waals surface area contributed by atoms with Crippen molar-refractivity contribution in [3.05, 3.63) is 53.7 Å². The van der Waals surface area contributed by atoms with Crippen molar-refractivity contribution in [2.45, 2.75) is 52.5 Å². The summed E-state index contributed by atoms with van der Waals surface area (Å²) >= 11 is 0. The number of hydrogen-bond acceptors (Lipinski definition) is 2. The Bertz CT molecular complexity index is 728. The maximum absolute atomic E-state index is 12.3. The summed E-state index contributed by atoms with van der Waals surface area (Å²) in [5, 5.41) is 7.66. The van der Waals surface area contributed by atoms with Crippen LogP contribution >= 0.6 is 0 Å². The van der Waals surface area contributed by atoms with Gasteiger partial charge in [-0.15, -0.1) is 0 Å². The summed E-state index contributed by atoms with van der Waals surface area (Å²) in [6.45, 7) is 12.6. The molecule has 0 bridgehead atoms. The van der Waals surface area contributed by atoms with E-state index in [4.69, 9.17) is 5.10 Å². The number of amides is 1. The second-order valence-electron chi connectivity index (χ2n) is 7.98. The number of rotatable bonds is 3. The van der Waals surface area contributed by atoms with Gasteiger partial charge in [0.05, 0.1) is 11.2 Å². The molecule has 0 unspecified atom stereocenters. The van der Waals surface area contributed by atoms with Gasteiger partial charge in [0.2, 0.25) is 5.91 Å². The van der Waals surface area contributed by atoms with Crippen LogP contribution in [-0.2, 0) is 15.7 Å². The van der Waals surface area contributed by atoms with Crippen LogP contribution in [-0.4, -0.2) is 15.7 Å². The summed E-state index contributed by atoms with van der Waals surface area (Å²) in [7, 11) is 0. The molecule has 0 atom stereocenters. The Morgan fingerprint density at radius 1 is 1.08 bits per heavy atom. The number of nitrogens with one attached hydrogen (secondary N) is 1. The highest BCUT2D eigenvalue weighted by molar-refractivity contribution is 6.01. The highest BCUT2D eigenvalue weighted by Gasteiger charge is 2.25. The van der Waals surface area contributed by atoms with E-state index in [-0.39, 0.29) is 16.9 Å². The van der Waals surface area contributed by atoms with Crippen LogP contribution in [0.4, 0.5) is 5.82 Å². The Kier molecular flexibility index (Phi) is 4.97. The zero-order chi connectivity index (χ0) is 18.0. The smallest absolute Gasteiger partial charge is 0.249 e. The van der Waals surface area contributed by atoms with Crippen LogP contribution in [0.1, 0.15) is 52.8 Å². The minimum absolute atomic E-state index is 0.0736. The van der Waals surface area contributed by atoms with Crippen LogP contribution in [0.5, 0.6) is 0 Å². The summed E-state index contributed by atoms with van der Waals surface area (Å²) < 4.78 is 1.88. The Labute approximate surface area is 144 Å². The summed E-state index contributed by atoms with van der Waals surface area (Å²) in [4.78, 5) is 12.3.